The van der Waals surface area contributed by atoms with Crippen molar-refractivity contribution < 1.29 is 22.7 Å². The molecular weight excluding hydrogens is 380 g/mol. The zero-order valence-corrected chi connectivity index (χ0v) is 16.4. The Bertz CT molecular complexity index is 997. The number of nitrogens with zero attached hydrogens (tertiary/aromatic N) is 2. The number of Topliss-reactive ketones (excluding diaryl/α,β-unsaturated/α-hetero) is 1. The SMILES string of the molecule is CC(=O)c1cccc(S(=O)(=O)N2CCN(Cc3ccc4c(c3)OCO4)CC2)c1. The quantitative estimate of drug-likeness (QED) is 0.713. The van der Waals surface area contributed by atoms with E-state index in [0.717, 1.165) is 23.6 Å². The molecule has 2 aromatic carbocycles. The molecule has 0 aliphatic carbocycles. The molecule has 0 N–H and O–H groups in total. The van der Waals surface area contributed by atoms with Gasteiger partial charge >= 0.3 is 0 Å². The zero-order valence-electron chi connectivity index (χ0n) is 15.6. The van der Waals surface area contributed by atoms with Crippen molar-refractivity contribution in [1.29, 1.82) is 0 Å². The minimum atomic E-state index is -3.60. The standard InChI is InChI=1S/C20H22N2O5S/c1-15(23)17-3-2-4-18(12-17)28(24,25)22-9-7-21(8-10-22)13-16-5-6-19-20(11-16)27-14-26-19/h2-6,11-12H,7-10,13-14H2,1H3. The molecule has 0 amide bonds. The molecule has 1 fully saturated rings. The van der Waals surface area contributed by atoms with Crippen LogP contribution in [0.3, 0.4) is 0 Å². The topological polar surface area (TPSA) is 76.2 Å². The third-order valence-corrected chi connectivity index (χ3v) is 6.95. The number of fused-ring (bicyclic) bond motifs is 1. The first-order valence-corrected chi connectivity index (χ1v) is 10.6. The molecule has 0 radical (unpaired) electrons. The van der Waals surface area contributed by atoms with Crippen LogP contribution in [-0.2, 0) is 16.6 Å². The predicted molar refractivity (Wildman–Crippen MR) is 103 cm³/mol. The average Bonchev–Trinajstić information content (AvgIpc) is 3.16. The van der Waals surface area contributed by atoms with E-state index < -0.39 is 10.0 Å². The van der Waals surface area contributed by atoms with E-state index in [4.69, 9.17) is 9.47 Å². The van der Waals surface area contributed by atoms with Crippen LogP contribution in [0, 0.1) is 0 Å². The van der Waals surface area contributed by atoms with E-state index in [1.807, 2.05) is 18.2 Å². The van der Waals surface area contributed by atoms with Crippen LogP contribution in [0.25, 0.3) is 0 Å². The molecule has 0 spiro atoms. The van der Waals surface area contributed by atoms with Gasteiger partial charge in [0.25, 0.3) is 0 Å². The Morgan fingerprint density at radius 3 is 2.50 bits per heavy atom. The second-order valence-electron chi connectivity index (χ2n) is 6.95. The second kappa shape index (κ2) is 7.54. The number of carbonyl (C=O) groups is 1. The van der Waals surface area contributed by atoms with Crippen LogP contribution in [0.2, 0.25) is 0 Å². The van der Waals surface area contributed by atoms with E-state index in [-0.39, 0.29) is 17.5 Å². The van der Waals surface area contributed by atoms with Crippen LogP contribution in [0.4, 0.5) is 0 Å². The number of piperazine rings is 1. The van der Waals surface area contributed by atoms with Crippen molar-refractivity contribution in [3.63, 3.8) is 0 Å². The highest BCUT2D eigenvalue weighted by molar-refractivity contribution is 7.89. The fourth-order valence-electron chi connectivity index (χ4n) is 3.45. The molecule has 8 heteroatoms. The maximum Gasteiger partial charge on any atom is 0.243 e. The first kappa shape index (κ1) is 18.9. The van der Waals surface area contributed by atoms with Gasteiger partial charge in [-0.2, -0.15) is 4.31 Å². The van der Waals surface area contributed by atoms with Crippen molar-refractivity contribution in [2.45, 2.75) is 18.4 Å². The normalized spacial score (nSPS) is 17.6. The minimum absolute atomic E-state index is 0.148. The van der Waals surface area contributed by atoms with Gasteiger partial charge in [0, 0.05) is 38.3 Å². The molecule has 0 atom stereocenters. The van der Waals surface area contributed by atoms with Gasteiger partial charge in [0.15, 0.2) is 17.3 Å². The summed E-state index contributed by atoms with van der Waals surface area (Å²) in [7, 11) is -3.60. The highest BCUT2D eigenvalue weighted by atomic mass is 32.2. The smallest absolute Gasteiger partial charge is 0.243 e. The number of hydrogen-bond donors (Lipinski definition) is 0. The number of ketones is 1. The van der Waals surface area contributed by atoms with Crippen molar-refractivity contribution in [3.05, 3.63) is 53.6 Å². The summed E-state index contributed by atoms with van der Waals surface area (Å²) >= 11 is 0. The van der Waals surface area contributed by atoms with Gasteiger partial charge < -0.3 is 9.47 Å². The Balaban J connectivity index is 1.41. The lowest BCUT2D eigenvalue weighted by Gasteiger charge is -2.34. The van der Waals surface area contributed by atoms with Gasteiger partial charge in [-0.25, -0.2) is 8.42 Å². The summed E-state index contributed by atoms with van der Waals surface area (Å²) in [5, 5.41) is 0. The van der Waals surface area contributed by atoms with Gasteiger partial charge in [-0.05, 0) is 36.8 Å². The summed E-state index contributed by atoms with van der Waals surface area (Å²) in [5.74, 6) is 1.36. The molecule has 0 bridgehead atoms. The van der Waals surface area contributed by atoms with Gasteiger partial charge in [-0.3, -0.25) is 9.69 Å². The lowest BCUT2D eigenvalue weighted by molar-refractivity contribution is 0.101. The van der Waals surface area contributed by atoms with E-state index >= 15 is 0 Å². The van der Waals surface area contributed by atoms with Gasteiger partial charge in [-0.1, -0.05) is 18.2 Å². The number of sulfonamides is 1. The van der Waals surface area contributed by atoms with Crippen molar-refractivity contribution in [2.75, 3.05) is 33.0 Å². The fourth-order valence-corrected chi connectivity index (χ4v) is 4.92. The molecule has 2 aliphatic heterocycles. The van der Waals surface area contributed by atoms with Crippen LogP contribution in [-0.4, -0.2) is 56.4 Å². The molecular formula is C20H22N2O5S. The number of ether oxygens (including phenoxy) is 2. The molecule has 1 saturated heterocycles. The van der Waals surface area contributed by atoms with Crippen molar-refractivity contribution >= 4 is 15.8 Å². The van der Waals surface area contributed by atoms with Crippen molar-refractivity contribution in [1.82, 2.24) is 9.21 Å². The first-order valence-electron chi connectivity index (χ1n) is 9.15. The van der Waals surface area contributed by atoms with Crippen LogP contribution in [0.1, 0.15) is 22.8 Å². The Labute approximate surface area is 164 Å². The largest absolute Gasteiger partial charge is 0.454 e. The molecule has 0 saturated carbocycles. The number of benzene rings is 2. The predicted octanol–water partition coefficient (Wildman–Crippen LogP) is 2.12. The summed E-state index contributed by atoms with van der Waals surface area (Å²) in [5.41, 5.74) is 1.51. The summed E-state index contributed by atoms with van der Waals surface area (Å²) in [6, 6.07) is 12.1. The lowest BCUT2D eigenvalue weighted by Crippen LogP contribution is -2.48. The molecule has 148 valence electrons. The van der Waals surface area contributed by atoms with Gasteiger partial charge in [0.05, 0.1) is 4.90 Å². The highest BCUT2D eigenvalue weighted by Crippen LogP contribution is 2.33. The molecule has 2 aliphatic rings. The van der Waals surface area contributed by atoms with E-state index in [2.05, 4.69) is 4.90 Å². The Morgan fingerprint density at radius 2 is 1.75 bits per heavy atom. The van der Waals surface area contributed by atoms with E-state index in [0.29, 0.717) is 31.7 Å². The zero-order chi connectivity index (χ0) is 19.7. The monoisotopic (exact) mass is 402 g/mol. The second-order valence-corrected chi connectivity index (χ2v) is 8.89. The molecule has 0 aromatic heterocycles. The van der Waals surface area contributed by atoms with Gasteiger partial charge in [0.2, 0.25) is 16.8 Å². The Kier molecular flexibility index (Phi) is 5.09. The first-order chi connectivity index (χ1) is 13.4. The molecule has 4 rings (SSSR count). The number of rotatable bonds is 5. The Hall–Kier alpha value is -2.42. The van der Waals surface area contributed by atoms with Gasteiger partial charge in [0.1, 0.15) is 0 Å². The maximum atomic E-state index is 12.9. The highest BCUT2D eigenvalue weighted by Gasteiger charge is 2.29. The van der Waals surface area contributed by atoms with Gasteiger partial charge in [-0.15, -0.1) is 0 Å². The molecule has 0 unspecified atom stereocenters. The van der Waals surface area contributed by atoms with Crippen LogP contribution >= 0.6 is 0 Å². The molecule has 2 aromatic rings. The van der Waals surface area contributed by atoms with Crippen LogP contribution in [0.5, 0.6) is 11.5 Å². The average molecular weight is 402 g/mol. The van der Waals surface area contributed by atoms with E-state index in [9.17, 15) is 13.2 Å². The summed E-state index contributed by atoms with van der Waals surface area (Å²) in [6.07, 6.45) is 0. The lowest BCUT2D eigenvalue weighted by atomic mass is 10.2. The Morgan fingerprint density at radius 1 is 1.00 bits per heavy atom. The molecule has 2 heterocycles. The molecule has 28 heavy (non-hydrogen) atoms. The summed E-state index contributed by atoms with van der Waals surface area (Å²) in [4.78, 5) is 13.9. The maximum absolute atomic E-state index is 12.9. The summed E-state index contributed by atoms with van der Waals surface area (Å²) < 4.78 is 38.1. The third-order valence-electron chi connectivity index (χ3n) is 5.05. The van der Waals surface area contributed by atoms with E-state index in [1.54, 1.807) is 18.2 Å². The number of hydrogen-bond acceptors (Lipinski definition) is 6. The molecule has 7 nitrogen and oxygen atoms in total. The van der Waals surface area contributed by atoms with E-state index in [1.165, 1.54) is 17.3 Å². The van der Waals surface area contributed by atoms with Crippen molar-refractivity contribution in [3.8, 4) is 11.5 Å². The summed E-state index contributed by atoms with van der Waals surface area (Å²) in [6.45, 7) is 4.51. The van der Waals surface area contributed by atoms with Crippen LogP contribution in [0.15, 0.2) is 47.4 Å². The van der Waals surface area contributed by atoms with Crippen LogP contribution < -0.4 is 9.47 Å². The third kappa shape index (κ3) is 3.76. The minimum Gasteiger partial charge on any atom is -0.454 e. The fraction of sp³-hybridized carbons (Fsp3) is 0.350. The number of carbonyl (C=O) groups excluding carboxylic acids is 1. The van der Waals surface area contributed by atoms with Crippen molar-refractivity contribution in [2.24, 2.45) is 0 Å².